The molecule has 1 aliphatic heterocycles. The van der Waals surface area contributed by atoms with Crippen molar-refractivity contribution in [3.63, 3.8) is 0 Å². The van der Waals surface area contributed by atoms with Crippen molar-refractivity contribution < 1.29 is 13.6 Å². The van der Waals surface area contributed by atoms with Crippen LogP contribution < -0.4 is 21.9 Å². The molecular weight excluding hydrogens is 334 g/mol. The Bertz CT molecular complexity index is 951. The lowest BCUT2D eigenvalue weighted by Gasteiger charge is -2.28. The van der Waals surface area contributed by atoms with E-state index < -0.39 is 35.0 Å². The van der Waals surface area contributed by atoms with E-state index in [2.05, 4.69) is 15.6 Å². The van der Waals surface area contributed by atoms with E-state index in [1.807, 2.05) is 6.92 Å². The molecule has 1 atom stereocenters. The molecule has 7 nitrogen and oxygen atoms in total. The van der Waals surface area contributed by atoms with Gasteiger partial charge in [-0.25, -0.2) is 18.4 Å². The van der Waals surface area contributed by atoms with Gasteiger partial charge in [-0.2, -0.15) is 0 Å². The fourth-order valence-electron chi connectivity index (χ4n) is 2.81. The highest BCUT2D eigenvalue weighted by molar-refractivity contribution is 5.92. The van der Waals surface area contributed by atoms with Crippen LogP contribution in [0.2, 0.25) is 0 Å². The first-order valence-electron chi connectivity index (χ1n) is 7.81. The van der Waals surface area contributed by atoms with Crippen molar-refractivity contribution in [2.75, 3.05) is 5.32 Å². The van der Waals surface area contributed by atoms with Gasteiger partial charge in [0.15, 0.2) is 11.6 Å². The minimum absolute atomic E-state index is 0.0701. The number of carbonyl (C=O) groups is 1. The van der Waals surface area contributed by atoms with Crippen LogP contribution in [0, 0.1) is 11.6 Å². The molecule has 1 aromatic heterocycles. The number of anilines is 1. The van der Waals surface area contributed by atoms with Gasteiger partial charge >= 0.3 is 11.7 Å². The van der Waals surface area contributed by atoms with Gasteiger partial charge in [0.25, 0.3) is 5.56 Å². The standard InChI is InChI=1S/C16H16F2N4O3/c1-2-3-6-22-13-11(14(23)21-16(22)25)12(19-15(24)20-13)8-4-5-9(17)10(18)7-8/h4-5,7,12H,2-3,6H2,1H3,(H2,19,20,24)(H,21,23,25). The summed E-state index contributed by atoms with van der Waals surface area (Å²) in [5.41, 5.74) is -1.07. The number of unbranched alkanes of at least 4 members (excludes halogenated alkanes) is 1. The Morgan fingerprint density at radius 2 is 1.92 bits per heavy atom. The SMILES string of the molecule is CCCCn1c2c(c(=O)[nH]c1=O)C(c1ccc(F)c(F)c1)NC(=O)N2. The summed E-state index contributed by atoms with van der Waals surface area (Å²) in [5, 5.41) is 4.97. The smallest absolute Gasteiger partial charge is 0.327 e. The Morgan fingerprint density at radius 1 is 1.16 bits per heavy atom. The van der Waals surface area contributed by atoms with Crippen molar-refractivity contribution >= 4 is 11.8 Å². The van der Waals surface area contributed by atoms with E-state index in [9.17, 15) is 23.2 Å². The lowest BCUT2D eigenvalue weighted by atomic mass is 9.98. The molecule has 132 valence electrons. The number of hydrogen-bond acceptors (Lipinski definition) is 3. The average molecular weight is 350 g/mol. The molecule has 1 aliphatic rings. The highest BCUT2D eigenvalue weighted by Crippen LogP contribution is 2.29. The number of nitrogens with one attached hydrogen (secondary N) is 3. The molecule has 0 bridgehead atoms. The minimum atomic E-state index is -1.09. The van der Waals surface area contributed by atoms with E-state index >= 15 is 0 Å². The van der Waals surface area contributed by atoms with Gasteiger partial charge in [0.2, 0.25) is 0 Å². The van der Waals surface area contributed by atoms with Crippen LogP contribution in [0.3, 0.4) is 0 Å². The Morgan fingerprint density at radius 3 is 2.60 bits per heavy atom. The van der Waals surface area contributed by atoms with E-state index in [0.717, 1.165) is 18.6 Å². The molecule has 1 unspecified atom stereocenters. The maximum Gasteiger partial charge on any atom is 0.329 e. The maximum atomic E-state index is 13.6. The molecule has 1 aromatic carbocycles. The van der Waals surface area contributed by atoms with Crippen LogP contribution in [0.15, 0.2) is 27.8 Å². The fraction of sp³-hybridized carbons (Fsp3) is 0.312. The average Bonchev–Trinajstić information content (AvgIpc) is 2.56. The number of amides is 2. The molecule has 0 aliphatic carbocycles. The lowest BCUT2D eigenvalue weighted by Crippen LogP contribution is -2.46. The van der Waals surface area contributed by atoms with Gasteiger partial charge in [-0.15, -0.1) is 0 Å². The zero-order valence-electron chi connectivity index (χ0n) is 13.4. The molecule has 3 rings (SSSR count). The topological polar surface area (TPSA) is 96.0 Å². The van der Waals surface area contributed by atoms with E-state index in [1.54, 1.807) is 0 Å². The Kier molecular flexibility index (Phi) is 4.39. The quantitative estimate of drug-likeness (QED) is 0.785. The summed E-state index contributed by atoms with van der Waals surface area (Å²) in [4.78, 5) is 38.6. The number of rotatable bonds is 4. The third-order valence-corrected chi connectivity index (χ3v) is 4.04. The van der Waals surface area contributed by atoms with E-state index in [1.165, 1.54) is 10.6 Å². The van der Waals surface area contributed by atoms with Crippen LogP contribution >= 0.6 is 0 Å². The van der Waals surface area contributed by atoms with Crippen LogP contribution in [-0.4, -0.2) is 15.6 Å². The van der Waals surface area contributed by atoms with Crippen molar-refractivity contribution in [1.82, 2.24) is 14.9 Å². The van der Waals surface area contributed by atoms with Crippen LogP contribution in [0.1, 0.15) is 36.9 Å². The van der Waals surface area contributed by atoms with E-state index in [-0.39, 0.29) is 16.9 Å². The first kappa shape index (κ1) is 16.9. The molecule has 0 radical (unpaired) electrons. The van der Waals surface area contributed by atoms with Gasteiger partial charge in [0.1, 0.15) is 5.82 Å². The van der Waals surface area contributed by atoms with Crippen molar-refractivity contribution in [3.8, 4) is 0 Å². The van der Waals surface area contributed by atoms with Gasteiger partial charge in [-0.1, -0.05) is 19.4 Å². The monoisotopic (exact) mass is 350 g/mol. The van der Waals surface area contributed by atoms with Crippen LogP contribution in [0.4, 0.5) is 19.4 Å². The fourth-order valence-corrected chi connectivity index (χ4v) is 2.81. The van der Waals surface area contributed by atoms with Crippen molar-refractivity contribution in [2.45, 2.75) is 32.4 Å². The summed E-state index contributed by atoms with van der Waals surface area (Å²) in [6.07, 6.45) is 1.47. The molecule has 0 spiro atoms. The van der Waals surface area contributed by atoms with Crippen molar-refractivity contribution in [1.29, 1.82) is 0 Å². The highest BCUT2D eigenvalue weighted by Gasteiger charge is 2.31. The molecule has 2 amide bonds. The molecule has 0 saturated carbocycles. The van der Waals surface area contributed by atoms with Crippen LogP contribution in [0.5, 0.6) is 0 Å². The Labute approximate surface area is 140 Å². The Balaban J connectivity index is 2.20. The summed E-state index contributed by atoms with van der Waals surface area (Å²) in [6, 6.07) is 1.46. The predicted molar refractivity (Wildman–Crippen MR) is 86.6 cm³/mol. The second-order valence-corrected chi connectivity index (χ2v) is 5.73. The van der Waals surface area contributed by atoms with E-state index in [0.29, 0.717) is 13.0 Å². The van der Waals surface area contributed by atoms with Gasteiger partial charge in [-0.3, -0.25) is 19.7 Å². The molecule has 2 heterocycles. The third-order valence-electron chi connectivity index (χ3n) is 4.04. The van der Waals surface area contributed by atoms with Crippen LogP contribution in [0.25, 0.3) is 0 Å². The number of carbonyl (C=O) groups excluding carboxylic acids is 1. The molecular formula is C16H16F2N4O3. The van der Waals surface area contributed by atoms with Gasteiger partial charge in [0, 0.05) is 6.54 Å². The molecule has 3 N–H and O–H groups in total. The largest absolute Gasteiger partial charge is 0.329 e. The van der Waals surface area contributed by atoms with Crippen molar-refractivity contribution in [2.24, 2.45) is 0 Å². The minimum Gasteiger partial charge on any atom is -0.327 e. The first-order chi connectivity index (χ1) is 11.9. The zero-order chi connectivity index (χ0) is 18.1. The molecule has 0 saturated heterocycles. The number of fused-ring (bicyclic) bond motifs is 1. The van der Waals surface area contributed by atoms with Crippen molar-refractivity contribution in [3.05, 3.63) is 61.8 Å². The number of aromatic nitrogens is 2. The maximum absolute atomic E-state index is 13.6. The number of urea groups is 1. The van der Waals surface area contributed by atoms with E-state index in [4.69, 9.17) is 0 Å². The Hall–Kier alpha value is -2.97. The number of aromatic amines is 1. The highest BCUT2D eigenvalue weighted by atomic mass is 19.2. The summed E-state index contributed by atoms with van der Waals surface area (Å²) in [7, 11) is 0. The number of H-pyrrole nitrogens is 1. The molecule has 9 heteroatoms. The second-order valence-electron chi connectivity index (χ2n) is 5.73. The summed E-state index contributed by atoms with van der Waals surface area (Å²) in [5.74, 6) is -2.06. The number of benzene rings is 1. The van der Waals surface area contributed by atoms with Gasteiger partial charge < -0.3 is 5.32 Å². The normalized spacial score (nSPS) is 16.1. The second kappa shape index (κ2) is 6.50. The molecule has 2 aromatic rings. The lowest BCUT2D eigenvalue weighted by molar-refractivity contribution is 0.248. The van der Waals surface area contributed by atoms with Gasteiger partial charge in [-0.05, 0) is 24.1 Å². The summed E-state index contributed by atoms with van der Waals surface area (Å²) >= 11 is 0. The number of nitrogens with zero attached hydrogens (tertiary/aromatic N) is 1. The third kappa shape index (κ3) is 3.04. The van der Waals surface area contributed by atoms with Gasteiger partial charge in [0.05, 0.1) is 11.6 Å². The number of hydrogen-bond donors (Lipinski definition) is 3. The van der Waals surface area contributed by atoms with Crippen LogP contribution in [-0.2, 0) is 6.54 Å². The molecule has 0 fully saturated rings. The molecule has 25 heavy (non-hydrogen) atoms. The zero-order valence-corrected chi connectivity index (χ0v) is 13.4. The number of halogens is 2. The predicted octanol–water partition coefficient (Wildman–Crippen LogP) is 1.84. The summed E-state index contributed by atoms with van der Waals surface area (Å²) in [6.45, 7) is 2.24. The summed E-state index contributed by atoms with van der Waals surface area (Å²) < 4.78 is 28.0. The first-order valence-corrected chi connectivity index (χ1v) is 7.81.